The number of primary amides is 4. The molecule has 8 aromatic carbocycles. The van der Waals surface area contributed by atoms with E-state index in [2.05, 4.69) is 47.2 Å². The number of carbonyl (C=O) groups excluding carboxylic acids is 12. The molecule has 10 atom stereocenters. The van der Waals surface area contributed by atoms with Gasteiger partial charge in [0.05, 0.1) is 23.9 Å². The van der Waals surface area contributed by atoms with Gasteiger partial charge >= 0.3 is 36.3 Å². The number of ketones is 1. The molecule has 8 aromatic rings. The minimum Gasteiger partial charge on any atom is -0.481 e. The molecule has 8 rings (SSSR count). The normalized spacial score (nSPS) is 12.4. The van der Waals surface area contributed by atoms with Crippen LogP contribution in [0.3, 0.4) is 0 Å². The molecule has 0 saturated carbocycles. The summed E-state index contributed by atoms with van der Waals surface area (Å²) in [7, 11) is 0. The number of carboxylic acids is 2. The van der Waals surface area contributed by atoms with Gasteiger partial charge < -0.3 is 124 Å². The smallest absolute Gasteiger partial charge is 0.407 e. The number of hydrogen-bond donors (Lipinski definition) is 19. The van der Waals surface area contributed by atoms with Gasteiger partial charge in [-0.3, -0.25) is 57.9 Å². The summed E-state index contributed by atoms with van der Waals surface area (Å²) in [6.07, 6.45) is 9.10. The summed E-state index contributed by atoms with van der Waals surface area (Å²) in [4.78, 5) is 173. The first kappa shape index (κ1) is 126. The second-order valence-electron chi connectivity index (χ2n) is 35.2. The standard InChI is InChI=1S/C31H44N6O5.C24H31N3O4.C23H30N4O4.C14H21N3O3.C10H12O2.C7H15N3O2/c1-22(11-10-18-35-30(33)34)27(38)20-25(19-23-12-4-2-5-13-23)29(40)37-26(28(32)39)16-8-9-17-36-31(41)42-21-24-14-6-3-7-15-24;1-18(16-19-10-4-2-5-11-19)23(29)27-21(22(25)28)14-8-9-15-26-24(30)31-17-20-12-6-3-7-13-20;24-19(15-17-9-3-1-4-10-17)22(29)27-20(21(25)28)13-7-8-14-26-23(30)31-16-18-11-5-2-6-12-18;15-12(13(16)18)8-4-5-9-17-14(19)20-10-11-6-2-1-3-7-11;1-8(10(11)12)7-9-5-3-2-4-6-9;1-5(6(11)12)3-2-4-10-7(8)9/h2-7,12-15,22,25-26H,8-11,16-21H2,1H3,(H2,32,39)(H,36,41)(H,37,40)(H4,33,34,35);2-7,10-13,18,21H,8-9,14-17H2,1H3,(H2,25,28)(H,26,30)(H,27,29);1-6,9-12,19-20H,7-8,13-16,24H2,(H2,25,28)(H,26,30)(H,27,29);1-3,6-7,12H,4-5,8-10,15H2,(H2,16,18)(H,17,19);2-6,8H,7H2,1H3,(H,11,12);5H,2-4H2,1H3,(H,11,12)(H4,8,9,10)/t22-,25-,26+;18-,21-;19-,20-;12-;8-;5-/m100001/s1. The molecule has 0 fully saturated rings. The van der Waals surface area contributed by atoms with Crippen molar-refractivity contribution in [3.05, 3.63) is 287 Å². The molecule has 148 heavy (non-hydrogen) atoms. The third-order valence-corrected chi connectivity index (χ3v) is 22.5. The zero-order valence-corrected chi connectivity index (χ0v) is 85.2. The van der Waals surface area contributed by atoms with Crippen LogP contribution >= 0.6 is 0 Å². The van der Waals surface area contributed by atoms with Crippen molar-refractivity contribution in [1.82, 2.24) is 37.2 Å². The van der Waals surface area contributed by atoms with Crippen LogP contribution in [-0.4, -0.2) is 175 Å². The number of Topliss-reactive ketones (excluding diaryl/α,β-unsaturated/α-hetero) is 1. The molecule has 0 aliphatic heterocycles. The summed E-state index contributed by atoms with van der Waals surface area (Å²) in [6.45, 7) is 10.4. The minimum atomic E-state index is -0.895. The molecule has 0 bridgehead atoms. The first-order valence-corrected chi connectivity index (χ1v) is 49.5. The van der Waals surface area contributed by atoms with Crippen molar-refractivity contribution in [3.8, 4) is 0 Å². The van der Waals surface area contributed by atoms with Gasteiger partial charge in [-0.05, 0) is 173 Å². The van der Waals surface area contributed by atoms with Crippen LogP contribution in [0.25, 0.3) is 0 Å². The lowest BCUT2D eigenvalue weighted by molar-refractivity contribution is -0.142. The van der Waals surface area contributed by atoms with Crippen molar-refractivity contribution in [3.63, 3.8) is 0 Å². The molecule has 0 radical (unpaired) electrons. The highest BCUT2D eigenvalue weighted by Crippen LogP contribution is 2.21. The Balaban J connectivity index is 0.000000479. The number of rotatable bonds is 59. The molecule has 0 aliphatic carbocycles. The summed E-state index contributed by atoms with van der Waals surface area (Å²) in [5.74, 6) is -6.67. The van der Waals surface area contributed by atoms with E-state index in [1.807, 2.05) is 257 Å². The summed E-state index contributed by atoms with van der Waals surface area (Å²) in [6, 6.07) is 72.0. The lowest BCUT2D eigenvalue weighted by Gasteiger charge is -2.22. The quantitative estimate of drug-likeness (QED) is 0.00729. The van der Waals surface area contributed by atoms with E-state index in [-0.39, 0.29) is 80.1 Å². The van der Waals surface area contributed by atoms with Crippen molar-refractivity contribution in [2.45, 2.75) is 219 Å². The topological polar surface area (TPSA) is 685 Å². The predicted octanol–water partition coefficient (Wildman–Crippen LogP) is 9.72. The Kier molecular flexibility index (Phi) is 65.5. The maximum atomic E-state index is 13.3. The third kappa shape index (κ3) is 62.7. The SMILES string of the molecule is C[C@@H](Cc1ccccc1)C(=O)N[C@@H](CCCCNC(=O)OCc1ccccc1)C(N)=O.C[C@@H](Cc1ccccc1)C(=O)O.C[C@H](CCCN=C(N)N)C(=O)C[C@@H](Cc1ccccc1)C(=O)N[C@@H](CCCCNC(=O)OCc1ccccc1)C(N)=O.C[C@H](CCCN=C(N)N)C(=O)O.NC(=O)[C@@H](N)CCCCNC(=O)OCc1ccccc1.NC(=O)[C@H](CCCCNC(=O)OCc1ccccc1)NC(=O)[C@@H](N)Cc1ccccc1. The first-order chi connectivity index (χ1) is 70.9. The Hall–Kier alpha value is -15.8. The van der Waals surface area contributed by atoms with Gasteiger partial charge in [0, 0.05) is 63.4 Å². The van der Waals surface area contributed by atoms with Gasteiger partial charge in [-0.15, -0.1) is 0 Å². The number of benzene rings is 8. The summed E-state index contributed by atoms with van der Waals surface area (Å²) < 4.78 is 20.5. The van der Waals surface area contributed by atoms with Gasteiger partial charge in [0.1, 0.15) is 50.3 Å². The fraction of sp³-hybridized carbons (Fsp3) is 0.413. The Morgan fingerprint density at radius 2 is 0.541 bits per heavy atom. The number of ether oxygens (including phenoxy) is 4. The average Bonchev–Trinajstić information content (AvgIpc) is 0.851. The lowest BCUT2D eigenvalue weighted by atomic mass is 9.88. The highest BCUT2D eigenvalue weighted by Gasteiger charge is 2.30. The van der Waals surface area contributed by atoms with Crippen LogP contribution < -0.4 is 94.6 Å². The monoisotopic (exact) mass is 2050 g/mol. The highest BCUT2D eigenvalue weighted by molar-refractivity contribution is 5.92. The number of nitrogens with two attached hydrogens (primary N) is 10. The van der Waals surface area contributed by atoms with Crippen LogP contribution in [0, 0.1) is 29.6 Å². The van der Waals surface area contributed by atoms with Gasteiger partial charge in [0.15, 0.2) is 11.9 Å². The van der Waals surface area contributed by atoms with E-state index >= 15 is 0 Å². The third-order valence-electron chi connectivity index (χ3n) is 22.5. The number of hydrogen-bond acceptors (Lipinski definition) is 22. The van der Waals surface area contributed by atoms with Crippen LogP contribution in [0.2, 0.25) is 0 Å². The van der Waals surface area contributed by atoms with E-state index in [0.717, 1.165) is 57.3 Å². The maximum absolute atomic E-state index is 13.3. The Labute approximate surface area is 866 Å². The molecular weight excluding hydrogens is 1900 g/mol. The van der Waals surface area contributed by atoms with Crippen LogP contribution in [0.15, 0.2) is 253 Å². The van der Waals surface area contributed by atoms with Crippen molar-refractivity contribution in [1.29, 1.82) is 0 Å². The molecule has 0 aromatic heterocycles. The van der Waals surface area contributed by atoms with Crippen LogP contribution in [-0.2, 0) is 119 Å². The lowest BCUT2D eigenvalue weighted by Crippen LogP contribution is -2.51. The van der Waals surface area contributed by atoms with Crippen LogP contribution in [0.1, 0.15) is 181 Å². The summed E-state index contributed by atoms with van der Waals surface area (Å²) >= 11 is 0. The average molecular weight is 2050 g/mol. The zero-order chi connectivity index (χ0) is 109. The Morgan fingerprint density at radius 3 is 0.831 bits per heavy atom. The maximum Gasteiger partial charge on any atom is 0.407 e. The Morgan fingerprint density at radius 1 is 0.277 bits per heavy atom. The summed E-state index contributed by atoms with van der Waals surface area (Å²) in [5, 5.41) is 35.9. The molecule has 11 amide bonds. The van der Waals surface area contributed by atoms with Gasteiger partial charge in [0.25, 0.3) is 0 Å². The number of guanidine groups is 2. The number of carbonyl (C=O) groups is 14. The second-order valence-corrected chi connectivity index (χ2v) is 35.2. The van der Waals surface area contributed by atoms with E-state index in [1.54, 1.807) is 13.8 Å². The molecule has 0 saturated heterocycles. The largest absolute Gasteiger partial charge is 0.481 e. The van der Waals surface area contributed by atoms with Gasteiger partial charge in [-0.2, -0.15) is 0 Å². The molecule has 0 aliphatic rings. The minimum absolute atomic E-state index is 0.00943. The van der Waals surface area contributed by atoms with E-state index < -0.39 is 108 Å². The van der Waals surface area contributed by atoms with E-state index in [4.69, 9.17) is 86.5 Å². The van der Waals surface area contributed by atoms with Crippen molar-refractivity contribution < 1.29 is 96.3 Å². The van der Waals surface area contributed by atoms with Crippen LogP contribution in [0.4, 0.5) is 19.2 Å². The fourth-order valence-corrected chi connectivity index (χ4v) is 13.8. The fourth-order valence-electron chi connectivity index (χ4n) is 13.8. The van der Waals surface area contributed by atoms with Gasteiger partial charge in [-0.1, -0.05) is 270 Å². The molecule has 804 valence electrons. The van der Waals surface area contributed by atoms with E-state index in [1.165, 1.54) is 0 Å². The molecule has 39 heteroatoms. The number of nitrogens with zero attached hydrogens (tertiary/aromatic N) is 2. The van der Waals surface area contributed by atoms with E-state index in [9.17, 15) is 67.1 Å². The number of nitrogens with one attached hydrogen (secondary N) is 7. The second kappa shape index (κ2) is 76.8. The Bertz CT molecular complexity index is 5080. The molecule has 29 N–H and O–H groups in total. The molecule has 39 nitrogen and oxygen atoms in total. The number of unbranched alkanes of at least 4 members (excludes halogenated alkanes) is 4. The number of carboxylic acid groups (broad SMARTS) is 2. The number of aliphatic imine (C=N–C) groups is 2. The number of amides is 11. The van der Waals surface area contributed by atoms with Crippen molar-refractivity contribution >= 4 is 95.4 Å². The molecule has 0 unspecified atom stereocenters. The van der Waals surface area contributed by atoms with Gasteiger partial charge in [0.2, 0.25) is 41.4 Å². The first-order valence-electron chi connectivity index (χ1n) is 49.5. The summed E-state index contributed by atoms with van der Waals surface area (Å²) in [5.41, 5.74) is 61.4. The highest BCUT2D eigenvalue weighted by atomic mass is 16.6. The van der Waals surface area contributed by atoms with Crippen LogP contribution in [0.5, 0.6) is 0 Å². The number of aliphatic carboxylic acids is 2. The van der Waals surface area contributed by atoms with Crippen molar-refractivity contribution in [2.75, 3.05) is 39.3 Å². The van der Waals surface area contributed by atoms with Crippen molar-refractivity contribution in [2.24, 2.45) is 96.9 Å². The molecular formula is C109H153N19O20. The zero-order valence-electron chi connectivity index (χ0n) is 85.2. The van der Waals surface area contributed by atoms with Gasteiger partial charge in [-0.25, -0.2) is 19.2 Å². The predicted molar refractivity (Wildman–Crippen MR) is 568 cm³/mol. The number of alkyl carbamates (subject to hydrolysis) is 4. The molecule has 0 spiro atoms. The van der Waals surface area contributed by atoms with E-state index in [0.29, 0.717) is 155 Å². The molecule has 0 heterocycles.